The van der Waals surface area contributed by atoms with Crippen LogP contribution >= 0.6 is 0 Å². The minimum absolute atomic E-state index is 0.206. The van der Waals surface area contributed by atoms with Crippen LogP contribution in [0.1, 0.15) is 20.8 Å². The van der Waals surface area contributed by atoms with Gasteiger partial charge < -0.3 is 25.6 Å². The highest BCUT2D eigenvalue weighted by Crippen LogP contribution is 2.26. The van der Waals surface area contributed by atoms with Gasteiger partial charge in [0, 0.05) is 43.0 Å². The van der Waals surface area contributed by atoms with Gasteiger partial charge in [-0.1, -0.05) is 36.4 Å². The molecule has 8 heteroatoms. The molecule has 0 aliphatic carbocycles. The minimum atomic E-state index is -0.465. The number of anilines is 1. The van der Waals surface area contributed by atoms with Gasteiger partial charge in [-0.3, -0.25) is 9.59 Å². The number of aromatic hydroxyl groups is 1. The van der Waals surface area contributed by atoms with Crippen LogP contribution in [0.3, 0.4) is 0 Å². The molecule has 1 saturated heterocycles. The summed E-state index contributed by atoms with van der Waals surface area (Å²) in [6.45, 7) is 2.25. The van der Waals surface area contributed by atoms with Gasteiger partial charge in [-0.05, 0) is 18.2 Å². The van der Waals surface area contributed by atoms with Crippen molar-refractivity contribution in [1.82, 2.24) is 14.9 Å². The lowest BCUT2D eigenvalue weighted by atomic mass is 10.1. The number of aromatic amines is 1. The smallest absolute Gasteiger partial charge is 0.292 e. The van der Waals surface area contributed by atoms with E-state index in [0.29, 0.717) is 37.4 Å². The predicted molar refractivity (Wildman–Crippen MR) is 109 cm³/mol. The summed E-state index contributed by atoms with van der Waals surface area (Å²) in [5, 5.41) is 9.82. The van der Waals surface area contributed by atoms with Gasteiger partial charge in [-0.2, -0.15) is 4.98 Å². The number of aromatic nitrogens is 2. The molecular weight excluding hydrogens is 370 g/mol. The van der Waals surface area contributed by atoms with E-state index in [4.69, 9.17) is 5.73 Å². The first-order chi connectivity index (χ1) is 14.0. The number of hydrogen-bond acceptors (Lipinski definition) is 5. The molecule has 29 heavy (non-hydrogen) atoms. The maximum Gasteiger partial charge on any atom is 0.292 e. The van der Waals surface area contributed by atoms with Crippen LogP contribution in [0.25, 0.3) is 11.3 Å². The van der Waals surface area contributed by atoms with Crippen molar-refractivity contribution < 1.29 is 14.7 Å². The van der Waals surface area contributed by atoms with Gasteiger partial charge in [-0.15, -0.1) is 0 Å². The van der Waals surface area contributed by atoms with Crippen molar-refractivity contribution >= 4 is 17.5 Å². The molecule has 1 aliphatic rings. The van der Waals surface area contributed by atoms with Crippen molar-refractivity contribution in [3.05, 3.63) is 65.9 Å². The molecule has 0 bridgehead atoms. The highest BCUT2D eigenvalue weighted by molar-refractivity contribution is 5.98. The first kappa shape index (κ1) is 18.5. The number of carbonyl (C=O) groups is 2. The van der Waals surface area contributed by atoms with E-state index in [-0.39, 0.29) is 17.6 Å². The van der Waals surface area contributed by atoms with Crippen LogP contribution in [0.5, 0.6) is 6.01 Å². The lowest BCUT2D eigenvalue weighted by molar-refractivity contribution is 0.0741. The van der Waals surface area contributed by atoms with Gasteiger partial charge in [0.2, 0.25) is 5.91 Å². The van der Waals surface area contributed by atoms with E-state index in [9.17, 15) is 14.7 Å². The lowest BCUT2D eigenvalue weighted by Crippen LogP contribution is -2.49. The SMILES string of the molecule is NC(=O)c1cccc(N2CCN(C(=O)c3[nH]c(O)nc3-c3ccccc3)CC2)c1. The number of piperazine rings is 1. The molecule has 8 nitrogen and oxygen atoms in total. The Morgan fingerprint density at radius 2 is 1.72 bits per heavy atom. The summed E-state index contributed by atoms with van der Waals surface area (Å²) in [7, 11) is 0. The highest BCUT2D eigenvalue weighted by atomic mass is 16.3. The van der Waals surface area contributed by atoms with Gasteiger partial charge in [0.15, 0.2) is 0 Å². The Balaban J connectivity index is 1.49. The molecule has 1 aliphatic heterocycles. The Labute approximate surface area is 167 Å². The number of rotatable bonds is 4. The Hall–Kier alpha value is -3.81. The molecular formula is C21H21N5O3. The van der Waals surface area contributed by atoms with Crippen LogP contribution in [0.15, 0.2) is 54.6 Å². The molecule has 2 aromatic carbocycles. The molecule has 0 unspecified atom stereocenters. The van der Waals surface area contributed by atoms with Crippen LogP contribution in [0.2, 0.25) is 0 Å². The molecule has 1 aromatic heterocycles. The van der Waals surface area contributed by atoms with Crippen molar-refractivity contribution in [2.45, 2.75) is 0 Å². The standard InChI is InChI=1S/C21H21N5O3/c22-19(27)15-7-4-8-16(13-15)25-9-11-26(12-10-25)20(28)18-17(23-21(29)24-18)14-5-2-1-3-6-14/h1-8,13H,9-12H2,(H2,22,27)(H2,23,24,29). The third kappa shape index (κ3) is 3.77. The number of primary amides is 1. The maximum absolute atomic E-state index is 13.1. The second kappa shape index (κ2) is 7.67. The van der Waals surface area contributed by atoms with Crippen molar-refractivity contribution in [1.29, 1.82) is 0 Å². The lowest BCUT2D eigenvalue weighted by Gasteiger charge is -2.36. The largest absolute Gasteiger partial charge is 0.480 e. The molecule has 4 N–H and O–H groups in total. The summed E-state index contributed by atoms with van der Waals surface area (Å²) in [4.78, 5) is 35.1. The van der Waals surface area contributed by atoms with E-state index in [1.807, 2.05) is 36.4 Å². The summed E-state index contributed by atoms with van der Waals surface area (Å²) in [5.41, 5.74) is 8.19. The first-order valence-electron chi connectivity index (χ1n) is 9.31. The van der Waals surface area contributed by atoms with Gasteiger partial charge in [0.05, 0.1) is 0 Å². The summed E-state index contributed by atoms with van der Waals surface area (Å²) in [6, 6.07) is 16.2. The second-order valence-electron chi connectivity index (χ2n) is 6.84. The number of benzene rings is 2. The zero-order valence-corrected chi connectivity index (χ0v) is 15.7. The van der Waals surface area contributed by atoms with E-state index in [1.165, 1.54) is 0 Å². The maximum atomic E-state index is 13.1. The molecule has 0 radical (unpaired) electrons. The quantitative estimate of drug-likeness (QED) is 0.628. The van der Waals surface area contributed by atoms with E-state index < -0.39 is 5.91 Å². The monoisotopic (exact) mass is 391 g/mol. The fraction of sp³-hybridized carbons (Fsp3) is 0.190. The van der Waals surface area contributed by atoms with E-state index in [2.05, 4.69) is 14.9 Å². The molecule has 3 aromatic rings. The van der Waals surface area contributed by atoms with Crippen LogP contribution < -0.4 is 10.6 Å². The molecule has 0 spiro atoms. The molecule has 2 amide bonds. The third-order valence-corrected chi connectivity index (χ3v) is 5.02. The summed E-state index contributed by atoms with van der Waals surface area (Å²) >= 11 is 0. The first-order valence-corrected chi connectivity index (χ1v) is 9.31. The van der Waals surface area contributed by atoms with Crippen LogP contribution in [-0.2, 0) is 0 Å². The average molecular weight is 391 g/mol. The van der Waals surface area contributed by atoms with Crippen molar-refractivity contribution in [3.8, 4) is 17.3 Å². The Morgan fingerprint density at radius 1 is 1.00 bits per heavy atom. The van der Waals surface area contributed by atoms with Gasteiger partial charge in [0.1, 0.15) is 11.4 Å². The number of nitrogens with two attached hydrogens (primary N) is 1. The predicted octanol–water partition coefficient (Wildman–Crippen LogP) is 1.84. The van der Waals surface area contributed by atoms with Crippen LogP contribution in [-0.4, -0.2) is 58.0 Å². The average Bonchev–Trinajstić information content (AvgIpc) is 3.16. The molecule has 4 rings (SSSR count). The zero-order chi connectivity index (χ0) is 20.4. The van der Waals surface area contributed by atoms with Gasteiger partial charge >= 0.3 is 0 Å². The number of carbonyl (C=O) groups excluding carboxylic acids is 2. The number of H-pyrrole nitrogens is 1. The summed E-state index contributed by atoms with van der Waals surface area (Å²) in [6.07, 6.45) is 0. The van der Waals surface area contributed by atoms with E-state index >= 15 is 0 Å². The summed E-state index contributed by atoms with van der Waals surface area (Å²) < 4.78 is 0. The Bertz CT molecular complexity index is 1040. The topological polar surface area (TPSA) is 116 Å². The van der Waals surface area contributed by atoms with E-state index in [1.54, 1.807) is 23.1 Å². The third-order valence-electron chi connectivity index (χ3n) is 5.02. The number of imidazole rings is 1. The second-order valence-corrected chi connectivity index (χ2v) is 6.84. The van der Waals surface area contributed by atoms with E-state index in [0.717, 1.165) is 11.3 Å². The van der Waals surface area contributed by atoms with Gasteiger partial charge in [-0.25, -0.2) is 0 Å². The molecule has 2 heterocycles. The number of nitrogens with zero attached hydrogens (tertiary/aromatic N) is 3. The number of hydrogen-bond donors (Lipinski definition) is 3. The summed E-state index contributed by atoms with van der Waals surface area (Å²) in [5.74, 6) is -0.671. The fourth-order valence-electron chi connectivity index (χ4n) is 3.50. The number of nitrogens with one attached hydrogen (secondary N) is 1. The van der Waals surface area contributed by atoms with Crippen molar-refractivity contribution in [3.63, 3.8) is 0 Å². The van der Waals surface area contributed by atoms with Gasteiger partial charge in [0.25, 0.3) is 11.9 Å². The normalized spacial score (nSPS) is 14.1. The minimum Gasteiger partial charge on any atom is -0.480 e. The fourth-order valence-corrected chi connectivity index (χ4v) is 3.50. The van der Waals surface area contributed by atoms with Crippen molar-refractivity contribution in [2.24, 2.45) is 5.73 Å². The Kier molecular flexibility index (Phi) is 4.90. The number of amides is 2. The molecule has 0 saturated carbocycles. The highest BCUT2D eigenvalue weighted by Gasteiger charge is 2.27. The van der Waals surface area contributed by atoms with Crippen molar-refractivity contribution in [2.75, 3.05) is 31.1 Å². The van der Waals surface area contributed by atoms with Crippen LogP contribution in [0, 0.1) is 0 Å². The molecule has 1 fully saturated rings. The van der Waals surface area contributed by atoms with Crippen LogP contribution in [0.4, 0.5) is 5.69 Å². The molecule has 0 atom stereocenters. The Morgan fingerprint density at radius 3 is 2.41 bits per heavy atom. The zero-order valence-electron chi connectivity index (χ0n) is 15.7. The molecule has 148 valence electrons.